The Bertz CT molecular complexity index is 549. The fourth-order valence-corrected chi connectivity index (χ4v) is 5.77. The normalized spacial score (nSPS) is 11.2. The van der Waals surface area contributed by atoms with E-state index in [2.05, 4.69) is 0 Å². The lowest BCUT2D eigenvalue weighted by molar-refractivity contribution is -0.275. The molecule has 0 aromatic carbocycles. The van der Waals surface area contributed by atoms with Gasteiger partial charge in [-0.15, -0.1) is 0 Å². The molecule has 0 saturated carbocycles. The standard InChI is InChI=1S/C38H74O7/c39-33-29-25-21-17-13-9-5-1-3-7-11-15-19-23-27-31-37(41)43-35-36-44-45-38(42)32-28-24-20-16-12-8-4-2-6-10-14-18-22-26-30-34-40/h39-40H,1-36H2. The maximum Gasteiger partial charge on any atom is 0.342 e. The Hall–Kier alpha value is -1.18. The number of aliphatic hydroxyl groups excluding tert-OH is 2. The molecule has 0 rings (SSSR count). The van der Waals surface area contributed by atoms with E-state index in [9.17, 15) is 9.59 Å². The molecule has 0 saturated heterocycles. The van der Waals surface area contributed by atoms with Gasteiger partial charge in [0, 0.05) is 26.1 Å². The van der Waals surface area contributed by atoms with Crippen molar-refractivity contribution >= 4 is 11.9 Å². The van der Waals surface area contributed by atoms with E-state index in [0.29, 0.717) is 26.1 Å². The van der Waals surface area contributed by atoms with Gasteiger partial charge in [-0.3, -0.25) is 9.68 Å². The van der Waals surface area contributed by atoms with Crippen LogP contribution in [0.2, 0.25) is 0 Å². The number of carbonyl (C=O) groups is 2. The molecule has 0 amide bonds. The average molecular weight is 643 g/mol. The van der Waals surface area contributed by atoms with Crippen LogP contribution in [0.1, 0.15) is 205 Å². The summed E-state index contributed by atoms with van der Waals surface area (Å²) in [6.45, 7) is 0.856. The summed E-state index contributed by atoms with van der Waals surface area (Å²) < 4.78 is 5.17. The predicted molar refractivity (Wildman–Crippen MR) is 185 cm³/mol. The van der Waals surface area contributed by atoms with Crippen LogP contribution in [-0.4, -0.2) is 48.6 Å². The Kier molecular flexibility index (Phi) is 38.0. The molecule has 45 heavy (non-hydrogen) atoms. The van der Waals surface area contributed by atoms with E-state index in [-0.39, 0.29) is 25.2 Å². The Morgan fingerprint density at radius 3 is 0.911 bits per heavy atom. The van der Waals surface area contributed by atoms with Crippen LogP contribution < -0.4 is 0 Å². The lowest BCUT2D eigenvalue weighted by atomic mass is 10.0. The maximum absolute atomic E-state index is 11.9. The molecule has 0 fully saturated rings. The summed E-state index contributed by atoms with van der Waals surface area (Å²) in [5, 5.41) is 17.6. The summed E-state index contributed by atoms with van der Waals surface area (Å²) in [4.78, 5) is 33.4. The highest BCUT2D eigenvalue weighted by Gasteiger charge is 2.06. The molecule has 0 aromatic heterocycles. The Labute approximate surface area is 277 Å². The number of rotatable bonds is 38. The number of unbranched alkanes of at least 4 members (excludes halogenated alkanes) is 28. The molecular weight excluding hydrogens is 568 g/mol. The zero-order valence-corrected chi connectivity index (χ0v) is 29.4. The van der Waals surface area contributed by atoms with Crippen LogP contribution in [0, 0.1) is 0 Å². The molecule has 0 aliphatic heterocycles. The molecule has 0 aliphatic carbocycles. The van der Waals surface area contributed by atoms with Crippen molar-refractivity contribution < 1.29 is 34.3 Å². The minimum Gasteiger partial charge on any atom is -0.463 e. The van der Waals surface area contributed by atoms with E-state index < -0.39 is 0 Å². The van der Waals surface area contributed by atoms with Crippen LogP contribution >= 0.6 is 0 Å². The molecule has 0 bridgehead atoms. The Morgan fingerprint density at radius 2 is 0.600 bits per heavy atom. The van der Waals surface area contributed by atoms with E-state index in [1.807, 2.05) is 0 Å². The molecule has 0 atom stereocenters. The lowest BCUT2D eigenvalue weighted by Crippen LogP contribution is -2.13. The molecule has 2 N–H and O–H groups in total. The Morgan fingerprint density at radius 1 is 0.333 bits per heavy atom. The van der Waals surface area contributed by atoms with E-state index in [1.54, 1.807) is 0 Å². The molecule has 0 spiro atoms. The largest absolute Gasteiger partial charge is 0.463 e. The molecular formula is C38H74O7. The van der Waals surface area contributed by atoms with Gasteiger partial charge in [0.25, 0.3) is 0 Å². The van der Waals surface area contributed by atoms with Gasteiger partial charge in [0.2, 0.25) is 0 Å². The molecule has 7 nitrogen and oxygen atoms in total. The molecule has 0 heterocycles. The predicted octanol–water partition coefficient (Wildman–Crippen LogP) is 10.5. The second kappa shape index (κ2) is 39.0. The highest BCUT2D eigenvalue weighted by molar-refractivity contribution is 5.69. The number of ether oxygens (including phenoxy) is 1. The third-order valence-electron chi connectivity index (χ3n) is 8.66. The van der Waals surface area contributed by atoms with Crippen molar-refractivity contribution in [3.63, 3.8) is 0 Å². The van der Waals surface area contributed by atoms with E-state index in [1.165, 1.54) is 148 Å². The molecule has 7 heteroatoms. The summed E-state index contributed by atoms with van der Waals surface area (Å²) in [6, 6.07) is 0. The summed E-state index contributed by atoms with van der Waals surface area (Å²) in [6.07, 6.45) is 37.4. The number of hydrogen-bond donors (Lipinski definition) is 2. The van der Waals surface area contributed by atoms with Gasteiger partial charge in [0.1, 0.15) is 13.2 Å². The number of esters is 1. The van der Waals surface area contributed by atoms with Crippen LogP contribution in [0.15, 0.2) is 0 Å². The van der Waals surface area contributed by atoms with Crippen molar-refractivity contribution in [2.75, 3.05) is 26.4 Å². The average Bonchev–Trinajstić information content (AvgIpc) is 3.04. The fourth-order valence-electron chi connectivity index (χ4n) is 5.77. The SMILES string of the molecule is O=C(CCCCCCCCCCCCCCCCCO)OCCOOC(=O)CCCCCCCCCCCCCCCCCO. The van der Waals surface area contributed by atoms with Crippen LogP contribution in [0.25, 0.3) is 0 Å². The first-order valence-corrected chi connectivity index (χ1v) is 19.4. The molecule has 0 aromatic rings. The summed E-state index contributed by atoms with van der Waals surface area (Å²) in [5.41, 5.74) is 0. The first-order chi connectivity index (χ1) is 22.2. The maximum atomic E-state index is 11.9. The van der Waals surface area contributed by atoms with Crippen molar-refractivity contribution in [2.45, 2.75) is 205 Å². The highest BCUT2D eigenvalue weighted by Crippen LogP contribution is 2.15. The summed E-state index contributed by atoms with van der Waals surface area (Å²) in [7, 11) is 0. The third-order valence-corrected chi connectivity index (χ3v) is 8.66. The third kappa shape index (κ3) is 38.9. The van der Waals surface area contributed by atoms with Gasteiger partial charge >= 0.3 is 11.9 Å². The van der Waals surface area contributed by atoms with Crippen molar-refractivity contribution in [1.82, 2.24) is 0 Å². The van der Waals surface area contributed by atoms with Gasteiger partial charge in [-0.2, -0.15) is 4.89 Å². The zero-order chi connectivity index (χ0) is 32.7. The van der Waals surface area contributed by atoms with Crippen LogP contribution in [0.3, 0.4) is 0 Å². The van der Waals surface area contributed by atoms with Gasteiger partial charge in [0.05, 0.1) is 0 Å². The first-order valence-electron chi connectivity index (χ1n) is 19.4. The van der Waals surface area contributed by atoms with Crippen molar-refractivity contribution in [1.29, 1.82) is 0 Å². The van der Waals surface area contributed by atoms with Gasteiger partial charge in [-0.05, 0) is 25.7 Å². The lowest BCUT2D eigenvalue weighted by Gasteiger charge is -2.06. The minimum absolute atomic E-state index is 0.0761. The quantitative estimate of drug-likeness (QED) is 0.0299. The monoisotopic (exact) mass is 643 g/mol. The molecule has 0 radical (unpaired) electrons. The van der Waals surface area contributed by atoms with Crippen LogP contribution in [-0.2, 0) is 24.1 Å². The van der Waals surface area contributed by atoms with Crippen molar-refractivity contribution in [3.8, 4) is 0 Å². The van der Waals surface area contributed by atoms with Gasteiger partial charge in [0.15, 0.2) is 0 Å². The van der Waals surface area contributed by atoms with Crippen molar-refractivity contribution in [2.24, 2.45) is 0 Å². The number of hydrogen-bond acceptors (Lipinski definition) is 7. The fraction of sp³-hybridized carbons (Fsp3) is 0.947. The van der Waals surface area contributed by atoms with Gasteiger partial charge < -0.3 is 14.9 Å². The highest BCUT2D eigenvalue weighted by atomic mass is 17.2. The second-order valence-corrected chi connectivity index (χ2v) is 13.1. The van der Waals surface area contributed by atoms with Crippen LogP contribution in [0.4, 0.5) is 0 Å². The topological polar surface area (TPSA) is 102 Å². The zero-order valence-electron chi connectivity index (χ0n) is 29.4. The summed E-state index contributed by atoms with van der Waals surface area (Å²) in [5.74, 6) is -0.560. The molecule has 268 valence electrons. The van der Waals surface area contributed by atoms with Crippen LogP contribution in [0.5, 0.6) is 0 Å². The van der Waals surface area contributed by atoms with E-state index in [0.717, 1.165) is 44.9 Å². The van der Waals surface area contributed by atoms with E-state index in [4.69, 9.17) is 24.7 Å². The van der Waals surface area contributed by atoms with Gasteiger partial charge in [-0.25, -0.2) is 4.79 Å². The second-order valence-electron chi connectivity index (χ2n) is 13.1. The number of carbonyl (C=O) groups excluding carboxylic acids is 2. The molecule has 0 unspecified atom stereocenters. The van der Waals surface area contributed by atoms with Crippen molar-refractivity contribution in [3.05, 3.63) is 0 Å². The van der Waals surface area contributed by atoms with E-state index >= 15 is 0 Å². The smallest absolute Gasteiger partial charge is 0.342 e. The van der Waals surface area contributed by atoms with Gasteiger partial charge in [-0.1, -0.05) is 167 Å². The summed E-state index contributed by atoms with van der Waals surface area (Å²) >= 11 is 0. The Balaban J connectivity index is 3.25. The first kappa shape index (κ1) is 43.8. The molecule has 0 aliphatic rings. The number of aliphatic hydroxyl groups is 2. The minimum atomic E-state index is -0.351.